The monoisotopic (exact) mass is 413 g/mol. The van der Waals surface area contributed by atoms with Gasteiger partial charge in [-0.15, -0.1) is 0 Å². The van der Waals surface area contributed by atoms with E-state index in [4.69, 9.17) is 0 Å². The molecule has 0 aromatic heterocycles. The third-order valence-electron chi connectivity index (χ3n) is 5.85. The lowest BCUT2D eigenvalue weighted by atomic mass is 9.82. The van der Waals surface area contributed by atoms with Gasteiger partial charge in [-0.3, -0.25) is 0 Å². The predicted octanol–water partition coefficient (Wildman–Crippen LogP) is 4.38. The molecule has 2 nitrogen and oxygen atoms in total. The van der Waals surface area contributed by atoms with E-state index in [1.54, 1.807) is 0 Å². The van der Waals surface area contributed by atoms with E-state index in [1.807, 2.05) is 0 Å². The maximum Gasteiger partial charge on any atom is 0.0963 e. The minimum atomic E-state index is 0.972. The fourth-order valence-corrected chi connectivity index (χ4v) is 4.54. The molecule has 1 aliphatic heterocycles. The quantitative estimate of drug-likeness (QED) is 0.525. The largest absolute Gasteiger partial charge is 0.360 e. The minimum absolute atomic E-state index is 0.972. The van der Waals surface area contributed by atoms with Crippen LogP contribution in [-0.2, 0) is 0 Å². The number of likely N-dealkylation sites (N-methyl/N-ethyl adjacent to an activating group) is 1. The second-order valence-electron chi connectivity index (χ2n) is 7.84. The van der Waals surface area contributed by atoms with Crippen LogP contribution in [0.4, 0.5) is 5.69 Å². The molecule has 0 N–H and O–H groups in total. The van der Waals surface area contributed by atoms with Gasteiger partial charge in [0.05, 0.1) is 39.8 Å². The highest BCUT2D eigenvalue weighted by atomic mass is 127. The Balaban J connectivity index is 1.52. The lowest BCUT2D eigenvalue weighted by Gasteiger charge is -2.45. The van der Waals surface area contributed by atoms with Gasteiger partial charge < -0.3 is 9.38 Å². The highest BCUT2D eigenvalue weighted by Gasteiger charge is 2.32. The summed E-state index contributed by atoms with van der Waals surface area (Å²) in [5.74, 6) is 1.95. The van der Waals surface area contributed by atoms with Crippen molar-refractivity contribution in [1.82, 2.24) is 0 Å². The SMILES string of the molecule is CC1CCC(C[N+]2(C)CCN(c3ccc(I)cc3)CC2)CC1. The number of hydrogen-bond donors (Lipinski definition) is 0. The highest BCUT2D eigenvalue weighted by Crippen LogP contribution is 2.31. The van der Waals surface area contributed by atoms with E-state index in [9.17, 15) is 0 Å². The van der Waals surface area contributed by atoms with E-state index in [0.29, 0.717) is 0 Å². The van der Waals surface area contributed by atoms with Gasteiger partial charge in [0.15, 0.2) is 0 Å². The van der Waals surface area contributed by atoms with Gasteiger partial charge in [0.2, 0.25) is 0 Å². The zero-order valence-electron chi connectivity index (χ0n) is 14.1. The summed E-state index contributed by atoms with van der Waals surface area (Å²) in [5.41, 5.74) is 1.40. The Hall–Kier alpha value is -0.290. The maximum absolute atomic E-state index is 2.57. The van der Waals surface area contributed by atoms with Crippen molar-refractivity contribution >= 4 is 28.3 Å². The highest BCUT2D eigenvalue weighted by molar-refractivity contribution is 14.1. The molecule has 0 amide bonds. The number of benzene rings is 1. The van der Waals surface area contributed by atoms with Crippen molar-refractivity contribution < 1.29 is 4.48 Å². The van der Waals surface area contributed by atoms with Gasteiger partial charge in [-0.05, 0) is 65.6 Å². The molecule has 1 saturated carbocycles. The molecule has 0 radical (unpaired) electrons. The Labute approximate surface area is 149 Å². The van der Waals surface area contributed by atoms with Gasteiger partial charge in [0.25, 0.3) is 0 Å². The minimum Gasteiger partial charge on any atom is -0.360 e. The van der Waals surface area contributed by atoms with Crippen LogP contribution in [0.1, 0.15) is 32.6 Å². The first-order chi connectivity index (χ1) is 10.5. The molecule has 0 atom stereocenters. The molecule has 0 spiro atoms. The second-order valence-corrected chi connectivity index (χ2v) is 9.08. The molecule has 1 aromatic carbocycles. The summed E-state index contributed by atoms with van der Waals surface area (Å²) < 4.78 is 2.62. The van der Waals surface area contributed by atoms with E-state index in [2.05, 4.69) is 65.7 Å². The fraction of sp³-hybridized carbons (Fsp3) is 0.684. The molecule has 2 fully saturated rings. The first-order valence-electron chi connectivity index (χ1n) is 8.88. The summed E-state index contributed by atoms with van der Waals surface area (Å²) in [6, 6.07) is 9.00. The van der Waals surface area contributed by atoms with Crippen LogP contribution in [0.3, 0.4) is 0 Å². The maximum atomic E-state index is 2.57. The lowest BCUT2D eigenvalue weighted by molar-refractivity contribution is -0.913. The van der Waals surface area contributed by atoms with Crippen LogP contribution in [-0.4, -0.2) is 44.3 Å². The van der Waals surface area contributed by atoms with Gasteiger partial charge in [0, 0.05) is 15.2 Å². The molecule has 0 unspecified atom stereocenters. The molecule has 1 aliphatic carbocycles. The number of nitrogens with zero attached hydrogens (tertiary/aromatic N) is 2. The summed E-state index contributed by atoms with van der Waals surface area (Å²) in [7, 11) is 2.49. The van der Waals surface area contributed by atoms with E-state index in [1.165, 1.54) is 72.1 Å². The lowest BCUT2D eigenvalue weighted by Crippen LogP contribution is -2.59. The Morgan fingerprint density at radius 3 is 2.23 bits per heavy atom. The number of anilines is 1. The Kier molecular flexibility index (Phi) is 5.33. The van der Waals surface area contributed by atoms with Crippen molar-refractivity contribution in [2.75, 3.05) is 44.7 Å². The van der Waals surface area contributed by atoms with Crippen LogP contribution < -0.4 is 4.90 Å². The van der Waals surface area contributed by atoms with Crippen molar-refractivity contribution in [3.63, 3.8) is 0 Å². The second kappa shape index (κ2) is 7.08. The third kappa shape index (κ3) is 4.16. The molecule has 2 aliphatic rings. The first kappa shape index (κ1) is 16.6. The summed E-state index contributed by atoms with van der Waals surface area (Å²) in [6.07, 6.45) is 5.85. The van der Waals surface area contributed by atoms with E-state index >= 15 is 0 Å². The topological polar surface area (TPSA) is 3.24 Å². The molecule has 1 heterocycles. The molecule has 3 heteroatoms. The molecule has 22 heavy (non-hydrogen) atoms. The molecule has 122 valence electrons. The summed E-state index contributed by atoms with van der Waals surface area (Å²) in [4.78, 5) is 2.57. The number of rotatable bonds is 3. The van der Waals surface area contributed by atoms with Crippen LogP contribution in [0.25, 0.3) is 0 Å². The van der Waals surface area contributed by atoms with Crippen molar-refractivity contribution in [1.29, 1.82) is 0 Å². The summed E-state index contributed by atoms with van der Waals surface area (Å²) in [6.45, 7) is 8.86. The predicted molar refractivity (Wildman–Crippen MR) is 103 cm³/mol. The van der Waals surface area contributed by atoms with Gasteiger partial charge >= 0.3 is 0 Å². The standard InChI is InChI=1S/C19H30IN2/c1-16-3-5-17(6-4-16)15-22(2)13-11-21(12-14-22)19-9-7-18(20)8-10-19/h7-10,16-17H,3-6,11-15H2,1-2H3/q+1. The van der Waals surface area contributed by atoms with Crippen molar-refractivity contribution in [2.24, 2.45) is 11.8 Å². The van der Waals surface area contributed by atoms with Crippen molar-refractivity contribution in [3.05, 3.63) is 27.8 Å². The Morgan fingerprint density at radius 2 is 1.64 bits per heavy atom. The fourth-order valence-electron chi connectivity index (χ4n) is 4.18. The normalized spacial score (nSPS) is 28.6. The van der Waals surface area contributed by atoms with E-state index in [0.717, 1.165) is 11.8 Å². The van der Waals surface area contributed by atoms with Crippen LogP contribution in [0.2, 0.25) is 0 Å². The molecule has 1 aromatic rings. The number of piperazine rings is 1. The molecule has 3 rings (SSSR count). The zero-order valence-corrected chi connectivity index (χ0v) is 16.3. The average molecular weight is 413 g/mol. The van der Waals surface area contributed by atoms with Gasteiger partial charge in [-0.2, -0.15) is 0 Å². The number of quaternary nitrogens is 1. The van der Waals surface area contributed by atoms with Crippen molar-refractivity contribution in [3.8, 4) is 0 Å². The number of halogens is 1. The average Bonchev–Trinajstić information content (AvgIpc) is 2.51. The first-order valence-corrected chi connectivity index (χ1v) is 9.96. The molecule has 0 bridgehead atoms. The van der Waals surface area contributed by atoms with Crippen LogP contribution in [0, 0.1) is 15.4 Å². The summed E-state index contributed by atoms with van der Waals surface area (Å²) in [5, 5.41) is 0. The van der Waals surface area contributed by atoms with Gasteiger partial charge in [-0.25, -0.2) is 0 Å². The smallest absolute Gasteiger partial charge is 0.0963 e. The Morgan fingerprint density at radius 1 is 1.05 bits per heavy atom. The van der Waals surface area contributed by atoms with Crippen LogP contribution in [0.5, 0.6) is 0 Å². The van der Waals surface area contributed by atoms with Crippen LogP contribution in [0.15, 0.2) is 24.3 Å². The van der Waals surface area contributed by atoms with Crippen molar-refractivity contribution in [2.45, 2.75) is 32.6 Å². The molecular formula is C19H30IN2+. The molecule has 1 saturated heterocycles. The zero-order chi connectivity index (χ0) is 15.6. The van der Waals surface area contributed by atoms with Crippen LogP contribution >= 0.6 is 22.6 Å². The van der Waals surface area contributed by atoms with E-state index in [-0.39, 0.29) is 0 Å². The van der Waals surface area contributed by atoms with Gasteiger partial charge in [-0.1, -0.05) is 19.8 Å². The van der Waals surface area contributed by atoms with E-state index < -0.39 is 0 Å². The molecular weight excluding hydrogens is 383 g/mol. The number of hydrogen-bond acceptors (Lipinski definition) is 1. The Bertz CT molecular complexity index is 469. The van der Waals surface area contributed by atoms with Gasteiger partial charge in [0.1, 0.15) is 0 Å². The third-order valence-corrected chi connectivity index (χ3v) is 6.56. The summed E-state index contributed by atoms with van der Waals surface area (Å²) >= 11 is 2.38.